The van der Waals surface area contributed by atoms with Crippen LogP contribution in [0.15, 0.2) is 24.3 Å². The fourth-order valence-corrected chi connectivity index (χ4v) is 3.65. The molecule has 0 aromatic heterocycles. The molecular formula is C20H30N2O2. The summed E-state index contributed by atoms with van der Waals surface area (Å²) >= 11 is 0. The molecule has 0 unspecified atom stereocenters. The van der Waals surface area contributed by atoms with E-state index in [0.717, 1.165) is 31.6 Å². The number of carbonyl (C=O) groups excluding carboxylic acids is 1. The van der Waals surface area contributed by atoms with Crippen molar-refractivity contribution in [2.24, 2.45) is 0 Å². The molecule has 0 radical (unpaired) electrons. The number of hydrogen-bond donors (Lipinski definition) is 1. The summed E-state index contributed by atoms with van der Waals surface area (Å²) in [5, 5.41) is 3.27. The molecular weight excluding hydrogens is 300 g/mol. The Balaban J connectivity index is 1.44. The molecule has 1 aliphatic carbocycles. The molecule has 24 heavy (non-hydrogen) atoms. The fraction of sp³-hybridized carbons (Fsp3) is 0.650. The summed E-state index contributed by atoms with van der Waals surface area (Å²) in [7, 11) is 0. The lowest BCUT2D eigenvalue weighted by molar-refractivity contribution is -0.130. The van der Waals surface area contributed by atoms with Crippen molar-refractivity contribution in [2.45, 2.75) is 64.1 Å². The zero-order valence-corrected chi connectivity index (χ0v) is 14.6. The number of piperidine rings is 1. The monoisotopic (exact) mass is 330 g/mol. The lowest BCUT2D eigenvalue weighted by Gasteiger charge is -2.27. The highest BCUT2D eigenvalue weighted by Crippen LogP contribution is 2.22. The average molecular weight is 330 g/mol. The van der Waals surface area contributed by atoms with Gasteiger partial charge in [-0.2, -0.15) is 0 Å². The maximum absolute atomic E-state index is 12.2. The molecule has 0 bridgehead atoms. The summed E-state index contributed by atoms with van der Waals surface area (Å²) in [5.41, 5.74) is 2.18. The molecule has 1 saturated carbocycles. The van der Waals surface area contributed by atoms with Crippen molar-refractivity contribution in [1.82, 2.24) is 4.90 Å². The van der Waals surface area contributed by atoms with Crippen LogP contribution in [0.4, 0.5) is 5.69 Å². The molecule has 4 heteroatoms. The zero-order chi connectivity index (χ0) is 16.6. The highest BCUT2D eigenvalue weighted by molar-refractivity contribution is 5.81. The van der Waals surface area contributed by atoms with Gasteiger partial charge in [0.05, 0.1) is 19.3 Å². The summed E-state index contributed by atoms with van der Waals surface area (Å²) in [5.74, 6) is 0.207. The number of rotatable bonds is 6. The normalized spacial score (nSPS) is 19.2. The van der Waals surface area contributed by atoms with Gasteiger partial charge in [0.2, 0.25) is 5.91 Å². The van der Waals surface area contributed by atoms with Crippen molar-refractivity contribution in [1.29, 1.82) is 0 Å². The van der Waals surface area contributed by atoms with Crippen LogP contribution in [-0.2, 0) is 16.1 Å². The third-order valence-corrected chi connectivity index (χ3v) is 5.12. The van der Waals surface area contributed by atoms with E-state index in [9.17, 15) is 4.79 Å². The summed E-state index contributed by atoms with van der Waals surface area (Å²) < 4.78 is 6.04. The molecule has 1 aliphatic heterocycles. The third kappa shape index (κ3) is 5.23. The Hall–Kier alpha value is -1.55. The minimum Gasteiger partial charge on any atom is -0.376 e. The molecule has 1 N–H and O–H groups in total. The second-order valence-electron chi connectivity index (χ2n) is 7.07. The highest BCUT2D eigenvalue weighted by Gasteiger charge is 2.16. The van der Waals surface area contributed by atoms with E-state index >= 15 is 0 Å². The number of hydrogen-bond acceptors (Lipinski definition) is 3. The maximum atomic E-state index is 12.2. The topological polar surface area (TPSA) is 41.6 Å². The second kappa shape index (κ2) is 9.07. The Morgan fingerprint density at radius 1 is 1.08 bits per heavy atom. The smallest absolute Gasteiger partial charge is 0.241 e. The molecule has 2 fully saturated rings. The number of nitrogens with one attached hydrogen (secondary N) is 1. The van der Waals surface area contributed by atoms with E-state index in [1.54, 1.807) is 0 Å². The van der Waals surface area contributed by atoms with Gasteiger partial charge in [0.1, 0.15) is 0 Å². The summed E-state index contributed by atoms with van der Waals surface area (Å²) in [6, 6.07) is 8.26. The number of carbonyl (C=O) groups is 1. The maximum Gasteiger partial charge on any atom is 0.241 e. The summed E-state index contributed by atoms with van der Waals surface area (Å²) in [4.78, 5) is 14.2. The van der Waals surface area contributed by atoms with Crippen LogP contribution in [0.25, 0.3) is 0 Å². The minimum absolute atomic E-state index is 0.207. The number of nitrogens with zero attached hydrogens (tertiary/aromatic N) is 1. The average Bonchev–Trinajstić information content (AvgIpc) is 2.66. The van der Waals surface area contributed by atoms with E-state index in [2.05, 4.69) is 17.4 Å². The first kappa shape index (κ1) is 17.3. The molecule has 0 atom stereocenters. The van der Waals surface area contributed by atoms with E-state index in [-0.39, 0.29) is 5.91 Å². The second-order valence-corrected chi connectivity index (χ2v) is 7.07. The van der Waals surface area contributed by atoms with Crippen molar-refractivity contribution in [3.05, 3.63) is 29.8 Å². The van der Waals surface area contributed by atoms with Crippen LogP contribution < -0.4 is 5.32 Å². The van der Waals surface area contributed by atoms with Gasteiger partial charge < -0.3 is 15.0 Å². The third-order valence-electron chi connectivity index (χ3n) is 5.12. The largest absolute Gasteiger partial charge is 0.376 e. The van der Waals surface area contributed by atoms with Crippen molar-refractivity contribution in [3.63, 3.8) is 0 Å². The highest BCUT2D eigenvalue weighted by atomic mass is 16.5. The molecule has 2 aliphatic rings. The molecule has 4 nitrogen and oxygen atoms in total. The Bertz CT molecular complexity index is 520. The van der Waals surface area contributed by atoms with Crippen LogP contribution in [0.5, 0.6) is 0 Å². The van der Waals surface area contributed by atoms with Gasteiger partial charge in [-0.1, -0.05) is 31.4 Å². The van der Waals surface area contributed by atoms with Gasteiger partial charge in [-0.15, -0.1) is 0 Å². The van der Waals surface area contributed by atoms with E-state index in [0.29, 0.717) is 19.3 Å². The zero-order valence-electron chi connectivity index (χ0n) is 14.6. The van der Waals surface area contributed by atoms with Crippen molar-refractivity contribution in [2.75, 3.05) is 25.0 Å². The summed E-state index contributed by atoms with van der Waals surface area (Å²) in [6.45, 7) is 2.87. The van der Waals surface area contributed by atoms with Gasteiger partial charge in [0.25, 0.3) is 0 Å². The number of anilines is 1. The standard InChI is InChI=1S/C20H30N2O2/c23-20(22-12-5-2-6-13-22)15-21-18-9-7-8-17(14-18)16-24-19-10-3-1-4-11-19/h7-9,14,19,21H,1-6,10-13,15-16H2. The van der Waals surface area contributed by atoms with E-state index < -0.39 is 0 Å². The molecule has 0 spiro atoms. The first-order chi connectivity index (χ1) is 11.8. The van der Waals surface area contributed by atoms with Crippen LogP contribution in [0.3, 0.4) is 0 Å². The SMILES string of the molecule is O=C(CNc1cccc(COC2CCCCC2)c1)N1CCCCC1. The van der Waals surface area contributed by atoms with Gasteiger partial charge in [0.15, 0.2) is 0 Å². The van der Waals surface area contributed by atoms with Gasteiger partial charge in [-0.05, 0) is 49.8 Å². The molecule has 1 aromatic rings. The van der Waals surface area contributed by atoms with E-state index in [1.165, 1.54) is 44.1 Å². The van der Waals surface area contributed by atoms with Gasteiger partial charge in [-0.25, -0.2) is 0 Å². The molecule has 1 aromatic carbocycles. The minimum atomic E-state index is 0.207. The van der Waals surface area contributed by atoms with Crippen LogP contribution in [-0.4, -0.2) is 36.5 Å². The molecule has 3 rings (SSSR count). The molecule has 1 heterocycles. The van der Waals surface area contributed by atoms with Crippen LogP contribution in [0.2, 0.25) is 0 Å². The van der Waals surface area contributed by atoms with Crippen molar-refractivity contribution < 1.29 is 9.53 Å². The first-order valence-electron chi connectivity index (χ1n) is 9.53. The van der Waals surface area contributed by atoms with Crippen molar-refractivity contribution >= 4 is 11.6 Å². The van der Waals surface area contributed by atoms with Crippen LogP contribution in [0, 0.1) is 0 Å². The first-order valence-corrected chi connectivity index (χ1v) is 9.53. The van der Waals surface area contributed by atoms with Gasteiger partial charge >= 0.3 is 0 Å². The van der Waals surface area contributed by atoms with Crippen LogP contribution >= 0.6 is 0 Å². The predicted molar refractivity (Wildman–Crippen MR) is 97.0 cm³/mol. The van der Waals surface area contributed by atoms with Gasteiger partial charge in [-0.3, -0.25) is 4.79 Å². The number of benzene rings is 1. The Morgan fingerprint density at radius 2 is 1.83 bits per heavy atom. The number of ether oxygens (including phenoxy) is 1. The molecule has 1 amide bonds. The van der Waals surface area contributed by atoms with Crippen molar-refractivity contribution in [3.8, 4) is 0 Å². The Morgan fingerprint density at radius 3 is 2.62 bits per heavy atom. The molecule has 132 valence electrons. The predicted octanol–water partition coefficient (Wildman–Crippen LogP) is 3.96. The number of likely N-dealkylation sites (tertiary alicyclic amines) is 1. The number of amides is 1. The van der Waals surface area contributed by atoms with E-state index in [4.69, 9.17) is 4.74 Å². The molecule has 1 saturated heterocycles. The van der Waals surface area contributed by atoms with Crippen LogP contribution in [0.1, 0.15) is 56.9 Å². The van der Waals surface area contributed by atoms with E-state index in [1.807, 2.05) is 17.0 Å². The lowest BCUT2D eigenvalue weighted by atomic mass is 9.98. The Labute approximate surface area is 145 Å². The van der Waals surface area contributed by atoms with Gasteiger partial charge in [0, 0.05) is 18.8 Å². The fourth-order valence-electron chi connectivity index (χ4n) is 3.65. The lowest BCUT2D eigenvalue weighted by Crippen LogP contribution is -2.39. The Kier molecular flexibility index (Phi) is 6.53. The quantitative estimate of drug-likeness (QED) is 0.858. The summed E-state index contributed by atoms with van der Waals surface area (Å²) in [6.07, 6.45) is 10.3.